The molecule has 0 heterocycles. The fourth-order valence-corrected chi connectivity index (χ4v) is 2.39. The van der Waals surface area contributed by atoms with Crippen molar-refractivity contribution in [2.75, 3.05) is 5.32 Å². The molecule has 2 aromatic rings. The molecule has 1 atom stereocenters. The third-order valence-corrected chi connectivity index (χ3v) is 3.92. The van der Waals surface area contributed by atoms with Crippen molar-refractivity contribution in [3.63, 3.8) is 0 Å². The van der Waals surface area contributed by atoms with E-state index in [2.05, 4.69) is 21.2 Å². The first-order valence-electron chi connectivity index (χ1n) is 6.83. The van der Waals surface area contributed by atoms with E-state index in [-0.39, 0.29) is 11.7 Å². The average molecular weight is 348 g/mol. The van der Waals surface area contributed by atoms with Gasteiger partial charge in [-0.1, -0.05) is 54.0 Å². The number of rotatable bonds is 5. The summed E-state index contributed by atoms with van der Waals surface area (Å²) in [6.45, 7) is 3.83. The largest absolute Gasteiger partial charge is 0.374 e. The van der Waals surface area contributed by atoms with Crippen molar-refractivity contribution in [1.29, 1.82) is 0 Å². The fraction of sp³-hybridized carbons (Fsp3) is 0.235. The number of hydrogen-bond acceptors (Lipinski definition) is 3. The van der Waals surface area contributed by atoms with Crippen LogP contribution in [0.5, 0.6) is 0 Å². The monoisotopic (exact) mass is 347 g/mol. The van der Waals surface area contributed by atoms with Crippen molar-refractivity contribution in [2.45, 2.75) is 20.1 Å². The maximum atomic E-state index is 12.7. The Morgan fingerprint density at radius 1 is 1.05 bits per heavy atom. The Labute approximate surface area is 133 Å². The Morgan fingerprint density at radius 2 is 1.62 bits per heavy atom. The lowest BCUT2D eigenvalue weighted by atomic mass is 10.0. The van der Waals surface area contributed by atoms with Crippen molar-refractivity contribution in [2.24, 2.45) is 5.92 Å². The third kappa shape index (κ3) is 3.71. The molecule has 0 spiro atoms. The molecular formula is C17H18BrNO2. The summed E-state index contributed by atoms with van der Waals surface area (Å²) >= 11 is 3.40. The van der Waals surface area contributed by atoms with E-state index in [1.807, 2.05) is 44.2 Å². The number of para-hydroxylation sites is 1. The summed E-state index contributed by atoms with van der Waals surface area (Å²) < 4.78 is 0.759. The Balaban J connectivity index is 2.36. The maximum absolute atomic E-state index is 12.7. The molecule has 21 heavy (non-hydrogen) atoms. The molecule has 1 unspecified atom stereocenters. The predicted molar refractivity (Wildman–Crippen MR) is 88.5 cm³/mol. The van der Waals surface area contributed by atoms with E-state index in [9.17, 15) is 9.90 Å². The van der Waals surface area contributed by atoms with E-state index < -0.39 is 6.23 Å². The molecule has 0 fully saturated rings. The molecule has 0 saturated carbocycles. The smallest absolute Gasteiger partial charge is 0.196 e. The zero-order valence-electron chi connectivity index (χ0n) is 12.0. The molecule has 2 aromatic carbocycles. The van der Waals surface area contributed by atoms with Crippen LogP contribution < -0.4 is 5.32 Å². The quantitative estimate of drug-likeness (QED) is 0.633. The highest BCUT2D eigenvalue weighted by Crippen LogP contribution is 2.24. The SMILES string of the molecule is CC(C)C(O)Nc1ccccc1C(=O)c1ccccc1Br. The molecule has 0 aliphatic rings. The lowest BCUT2D eigenvalue weighted by molar-refractivity contribution is 0.103. The van der Waals surface area contributed by atoms with Crippen LogP contribution in [-0.4, -0.2) is 17.1 Å². The summed E-state index contributed by atoms with van der Waals surface area (Å²) in [5, 5.41) is 13.0. The molecule has 0 radical (unpaired) electrons. The van der Waals surface area contributed by atoms with E-state index in [4.69, 9.17) is 0 Å². The minimum Gasteiger partial charge on any atom is -0.374 e. The van der Waals surface area contributed by atoms with Gasteiger partial charge in [-0.05, 0) is 30.2 Å². The summed E-state index contributed by atoms with van der Waals surface area (Å²) in [6, 6.07) is 14.5. The normalized spacial score (nSPS) is 12.2. The minimum absolute atomic E-state index is 0.0524. The van der Waals surface area contributed by atoms with Crippen LogP contribution in [-0.2, 0) is 0 Å². The second-order valence-electron chi connectivity index (χ2n) is 5.19. The lowest BCUT2D eigenvalue weighted by Crippen LogP contribution is -2.25. The molecule has 110 valence electrons. The predicted octanol–water partition coefficient (Wildman–Crippen LogP) is 4.07. The molecule has 4 heteroatoms. The first-order valence-corrected chi connectivity index (χ1v) is 7.63. The molecule has 0 aromatic heterocycles. The highest BCUT2D eigenvalue weighted by Gasteiger charge is 2.17. The topological polar surface area (TPSA) is 49.3 Å². The van der Waals surface area contributed by atoms with Gasteiger partial charge in [0.2, 0.25) is 0 Å². The van der Waals surface area contributed by atoms with Crippen LogP contribution in [0.25, 0.3) is 0 Å². The third-order valence-electron chi connectivity index (χ3n) is 3.23. The van der Waals surface area contributed by atoms with Gasteiger partial charge in [0, 0.05) is 21.3 Å². The summed E-state index contributed by atoms with van der Waals surface area (Å²) in [4.78, 5) is 12.7. The maximum Gasteiger partial charge on any atom is 0.196 e. The summed E-state index contributed by atoms with van der Waals surface area (Å²) in [7, 11) is 0. The number of hydrogen-bond donors (Lipinski definition) is 2. The van der Waals surface area contributed by atoms with Crippen LogP contribution in [0, 0.1) is 5.92 Å². The zero-order chi connectivity index (χ0) is 15.4. The average Bonchev–Trinajstić information content (AvgIpc) is 2.47. The number of aliphatic hydroxyl groups excluding tert-OH is 1. The molecular weight excluding hydrogens is 330 g/mol. The number of carbonyl (C=O) groups is 1. The molecule has 0 aliphatic heterocycles. The van der Waals surface area contributed by atoms with Gasteiger partial charge in [0.05, 0.1) is 0 Å². The van der Waals surface area contributed by atoms with Crippen molar-refractivity contribution < 1.29 is 9.90 Å². The second-order valence-corrected chi connectivity index (χ2v) is 6.04. The van der Waals surface area contributed by atoms with Crippen LogP contribution in [0.3, 0.4) is 0 Å². The van der Waals surface area contributed by atoms with Crippen molar-refractivity contribution in [3.05, 3.63) is 64.1 Å². The molecule has 0 bridgehead atoms. The Morgan fingerprint density at radius 3 is 2.24 bits per heavy atom. The molecule has 2 rings (SSSR count). The number of ketones is 1. The standard InChI is InChI=1S/C17H18BrNO2/c1-11(2)17(21)19-15-10-6-4-8-13(15)16(20)12-7-3-5-9-14(12)18/h3-11,17,19,21H,1-2H3. The van der Waals surface area contributed by atoms with Crippen LogP contribution in [0.4, 0.5) is 5.69 Å². The van der Waals surface area contributed by atoms with Gasteiger partial charge in [-0.2, -0.15) is 0 Å². The van der Waals surface area contributed by atoms with Crippen molar-refractivity contribution in [3.8, 4) is 0 Å². The van der Waals surface area contributed by atoms with Gasteiger partial charge < -0.3 is 10.4 Å². The number of nitrogens with one attached hydrogen (secondary N) is 1. The highest BCUT2D eigenvalue weighted by atomic mass is 79.9. The Hall–Kier alpha value is -1.65. The van der Waals surface area contributed by atoms with Crippen LogP contribution >= 0.6 is 15.9 Å². The number of anilines is 1. The van der Waals surface area contributed by atoms with Crippen LogP contribution in [0.15, 0.2) is 53.0 Å². The van der Waals surface area contributed by atoms with Gasteiger partial charge >= 0.3 is 0 Å². The number of halogens is 1. The lowest BCUT2D eigenvalue weighted by Gasteiger charge is -2.19. The summed E-state index contributed by atoms with van der Waals surface area (Å²) in [5.41, 5.74) is 1.79. The highest BCUT2D eigenvalue weighted by molar-refractivity contribution is 9.10. The van der Waals surface area contributed by atoms with Gasteiger partial charge in [0.25, 0.3) is 0 Å². The van der Waals surface area contributed by atoms with Gasteiger partial charge in [-0.3, -0.25) is 4.79 Å². The number of benzene rings is 2. The molecule has 0 aliphatic carbocycles. The van der Waals surface area contributed by atoms with Gasteiger partial charge in [0.1, 0.15) is 6.23 Å². The number of carbonyl (C=O) groups excluding carboxylic acids is 1. The zero-order valence-corrected chi connectivity index (χ0v) is 13.6. The van der Waals surface area contributed by atoms with E-state index >= 15 is 0 Å². The summed E-state index contributed by atoms with van der Waals surface area (Å²) in [6.07, 6.45) is -0.696. The van der Waals surface area contributed by atoms with Gasteiger partial charge in [-0.15, -0.1) is 0 Å². The first-order chi connectivity index (χ1) is 10.0. The summed E-state index contributed by atoms with van der Waals surface area (Å²) in [5.74, 6) is -0.0295. The Kier molecular flexibility index (Phi) is 5.15. The van der Waals surface area contributed by atoms with Crippen LogP contribution in [0.2, 0.25) is 0 Å². The van der Waals surface area contributed by atoms with E-state index in [1.165, 1.54) is 0 Å². The fourth-order valence-electron chi connectivity index (χ4n) is 1.92. The van der Waals surface area contributed by atoms with Crippen LogP contribution in [0.1, 0.15) is 29.8 Å². The van der Waals surface area contributed by atoms with E-state index in [1.54, 1.807) is 18.2 Å². The van der Waals surface area contributed by atoms with Crippen molar-refractivity contribution in [1.82, 2.24) is 0 Å². The van der Waals surface area contributed by atoms with Crippen molar-refractivity contribution >= 4 is 27.4 Å². The Bertz CT molecular complexity index is 640. The van der Waals surface area contributed by atoms with E-state index in [0.29, 0.717) is 16.8 Å². The molecule has 3 nitrogen and oxygen atoms in total. The van der Waals surface area contributed by atoms with E-state index in [0.717, 1.165) is 4.47 Å². The molecule has 2 N–H and O–H groups in total. The minimum atomic E-state index is -0.696. The molecule has 0 saturated heterocycles. The van der Waals surface area contributed by atoms with Gasteiger partial charge in [0.15, 0.2) is 5.78 Å². The second kappa shape index (κ2) is 6.87. The first kappa shape index (κ1) is 15.7. The van der Waals surface area contributed by atoms with Gasteiger partial charge in [-0.25, -0.2) is 0 Å². The number of aliphatic hydroxyl groups is 1. The molecule has 0 amide bonds.